The van der Waals surface area contributed by atoms with Crippen LogP contribution >= 0.6 is 23.2 Å². The Morgan fingerprint density at radius 1 is 1.04 bits per heavy atom. The van der Waals surface area contributed by atoms with Crippen molar-refractivity contribution in [3.8, 4) is 17.0 Å². The molecule has 0 amide bonds. The number of rotatable bonds is 5. The van der Waals surface area contributed by atoms with E-state index in [-0.39, 0.29) is 39.4 Å². The quantitative estimate of drug-likeness (QED) is 0.521. The Morgan fingerprint density at radius 3 is 2.44 bits per heavy atom. The molecule has 0 bridgehead atoms. The Kier molecular flexibility index (Phi) is 5.94. The van der Waals surface area contributed by atoms with E-state index in [1.807, 2.05) is 30.3 Å². The van der Waals surface area contributed by atoms with Crippen molar-refractivity contribution in [2.24, 2.45) is 0 Å². The molecule has 0 aliphatic carbocycles. The van der Waals surface area contributed by atoms with Crippen molar-refractivity contribution in [2.45, 2.75) is 6.61 Å². The first-order chi connectivity index (χ1) is 13.0. The summed E-state index contributed by atoms with van der Waals surface area (Å²) in [5.41, 5.74) is 1.06. The maximum atomic E-state index is 14.6. The standard InChI is InChI=1S/C20H14Cl2FNO3/c1-26-19-15(22)8-7-13(17(19)23)16-10-9-14(21)18(24-16)20(25)27-11-12-5-3-2-4-6-12/h2-10H,11H2,1H3. The third-order valence-electron chi connectivity index (χ3n) is 3.78. The topological polar surface area (TPSA) is 48.4 Å². The molecule has 138 valence electrons. The molecule has 0 N–H and O–H groups in total. The van der Waals surface area contributed by atoms with Gasteiger partial charge in [0.25, 0.3) is 0 Å². The van der Waals surface area contributed by atoms with Gasteiger partial charge >= 0.3 is 5.97 Å². The van der Waals surface area contributed by atoms with E-state index in [1.54, 1.807) is 0 Å². The number of aromatic nitrogens is 1. The Balaban J connectivity index is 1.90. The summed E-state index contributed by atoms with van der Waals surface area (Å²) in [6.45, 7) is 0.0744. The monoisotopic (exact) mass is 405 g/mol. The third-order valence-corrected chi connectivity index (χ3v) is 4.38. The predicted octanol–water partition coefficient (Wildman–Crippen LogP) is 5.56. The van der Waals surface area contributed by atoms with Crippen LogP contribution in [0.5, 0.6) is 5.75 Å². The lowest BCUT2D eigenvalue weighted by atomic mass is 10.1. The normalized spacial score (nSPS) is 10.5. The lowest BCUT2D eigenvalue weighted by Crippen LogP contribution is -2.09. The van der Waals surface area contributed by atoms with Gasteiger partial charge in [0.1, 0.15) is 6.61 Å². The van der Waals surface area contributed by atoms with Gasteiger partial charge in [-0.05, 0) is 29.8 Å². The van der Waals surface area contributed by atoms with E-state index in [1.165, 1.54) is 31.4 Å². The van der Waals surface area contributed by atoms with Gasteiger partial charge in [-0.1, -0.05) is 53.5 Å². The molecule has 0 fully saturated rings. The van der Waals surface area contributed by atoms with E-state index in [2.05, 4.69) is 4.98 Å². The van der Waals surface area contributed by atoms with E-state index in [9.17, 15) is 9.18 Å². The zero-order chi connectivity index (χ0) is 19.4. The summed E-state index contributed by atoms with van der Waals surface area (Å²) in [7, 11) is 1.32. The number of halogens is 3. The molecule has 0 saturated carbocycles. The zero-order valence-electron chi connectivity index (χ0n) is 14.2. The number of methoxy groups -OCH3 is 1. The fourth-order valence-electron chi connectivity index (χ4n) is 2.44. The molecule has 0 radical (unpaired) electrons. The molecule has 2 aromatic carbocycles. The molecule has 3 rings (SSSR count). The Morgan fingerprint density at radius 2 is 1.74 bits per heavy atom. The van der Waals surface area contributed by atoms with E-state index in [0.717, 1.165) is 5.56 Å². The first-order valence-electron chi connectivity index (χ1n) is 7.91. The van der Waals surface area contributed by atoms with Gasteiger partial charge in [-0.15, -0.1) is 0 Å². The van der Waals surface area contributed by atoms with E-state index in [4.69, 9.17) is 32.7 Å². The highest BCUT2D eigenvalue weighted by molar-refractivity contribution is 6.33. The number of nitrogens with zero attached hydrogens (tertiary/aromatic N) is 1. The minimum Gasteiger partial charge on any atom is -0.492 e. The molecule has 0 aliphatic rings. The van der Waals surface area contributed by atoms with Gasteiger partial charge in [-0.25, -0.2) is 14.2 Å². The van der Waals surface area contributed by atoms with Crippen LogP contribution in [-0.4, -0.2) is 18.1 Å². The average molecular weight is 406 g/mol. The Labute approximate surface area is 165 Å². The van der Waals surface area contributed by atoms with Crippen LogP contribution in [-0.2, 0) is 11.3 Å². The van der Waals surface area contributed by atoms with Crippen molar-refractivity contribution >= 4 is 29.2 Å². The van der Waals surface area contributed by atoms with Crippen LogP contribution in [0, 0.1) is 5.82 Å². The number of benzene rings is 2. The third kappa shape index (κ3) is 4.21. The van der Waals surface area contributed by atoms with Gasteiger partial charge in [-0.3, -0.25) is 0 Å². The van der Waals surface area contributed by atoms with Crippen molar-refractivity contribution in [1.82, 2.24) is 4.98 Å². The molecule has 0 atom stereocenters. The molecule has 1 heterocycles. The number of ether oxygens (including phenoxy) is 2. The van der Waals surface area contributed by atoms with Crippen LogP contribution in [0.15, 0.2) is 54.6 Å². The first kappa shape index (κ1) is 19.1. The minimum atomic E-state index is -0.702. The minimum absolute atomic E-state index is 0.0744. The van der Waals surface area contributed by atoms with Crippen molar-refractivity contribution < 1.29 is 18.7 Å². The number of hydrogen-bond acceptors (Lipinski definition) is 4. The van der Waals surface area contributed by atoms with Crippen LogP contribution in [0.4, 0.5) is 4.39 Å². The van der Waals surface area contributed by atoms with Crippen molar-refractivity contribution in [1.29, 1.82) is 0 Å². The lowest BCUT2D eigenvalue weighted by molar-refractivity contribution is 0.0466. The summed E-state index contributed by atoms with van der Waals surface area (Å²) < 4.78 is 24.9. The van der Waals surface area contributed by atoms with Crippen molar-refractivity contribution in [2.75, 3.05) is 7.11 Å². The smallest absolute Gasteiger partial charge is 0.358 e. The van der Waals surface area contributed by atoms with Gasteiger partial charge in [0.15, 0.2) is 17.3 Å². The number of esters is 1. The number of hydrogen-bond donors (Lipinski definition) is 0. The number of pyridine rings is 1. The largest absolute Gasteiger partial charge is 0.492 e. The average Bonchev–Trinajstić information content (AvgIpc) is 2.68. The molecular weight excluding hydrogens is 392 g/mol. The number of carbonyl (C=O) groups is 1. The second-order valence-electron chi connectivity index (χ2n) is 5.53. The first-order valence-corrected chi connectivity index (χ1v) is 8.66. The summed E-state index contributed by atoms with van der Waals surface area (Å²) in [6, 6.07) is 15.1. The van der Waals surface area contributed by atoms with E-state index >= 15 is 0 Å². The summed E-state index contributed by atoms with van der Waals surface area (Å²) in [5, 5.41) is 0.244. The van der Waals surface area contributed by atoms with Gasteiger partial charge in [0.2, 0.25) is 0 Å². The fourth-order valence-corrected chi connectivity index (χ4v) is 2.85. The van der Waals surface area contributed by atoms with Crippen molar-refractivity contribution in [3.63, 3.8) is 0 Å². The van der Waals surface area contributed by atoms with E-state index < -0.39 is 11.8 Å². The Bertz CT molecular complexity index is 980. The molecule has 0 spiro atoms. The van der Waals surface area contributed by atoms with Gasteiger partial charge in [0, 0.05) is 5.56 Å². The van der Waals surface area contributed by atoms with Gasteiger partial charge in [0.05, 0.1) is 22.8 Å². The molecule has 27 heavy (non-hydrogen) atoms. The molecule has 3 aromatic rings. The maximum Gasteiger partial charge on any atom is 0.358 e. The second kappa shape index (κ2) is 8.37. The summed E-state index contributed by atoms with van der Waals surface area (Å²) in [6.07, 6.45) is 0. The maximum absolute atomic E-state index is 14.6. The van der Waals surface area contributed by atoms with Crippen LogP contribution in [0.25, 0.3) is 11.3 Å². The van der Waals surface area contributed by atoms with E-state index in [0.29, 0.717) is 0 Å². The zero-order valence-corrected chi connectivity index (χ0v) is 15.7. The fraction of sp³-hybridized carbons (Fsp3) is 0.100. The Hall–Kier alpha value is -2.63. The molecule has 1 aromatic heterocycles. The van der Waals surface area contributed by atoms with Crippen LogP contribution in [0.2, 0.25) is 10.0 Å². The van der Waals surface area contributed by atoms with Crippen LogP contribution in [0.1, 0.15) is 16.1 Å². The number of carbonyl (C=O) groups excluding carboxylic acids is 1. The van der Waals surface area contributed by atoms with Crippen LogP contribution < -0.4 is 4.74 Å². The summed E-state index contributed by atoms with van der Waals surface area (Å²) >= 11 is 12.0. The van der Waals surface area contributed by atoms with Crippen molar-refractivity contribution in [3.05, 3.63) is 81.7 Å². The van der Waals surface area contributed by atoms with Crippen LogP contribution in [0.3, 0.4) is 0 Å². The lowest BCUT2D eigenvalue weighted by Gasteiger charge is -2.11. The van der Waals surface area contributed by atoms with Gasteiger partial charge < -0.3 is 9.47 Å². The van der Waals surface area contributed by atoms with Gasteiger partial charge in [-0.2, -0.15) is 0 Å². The molecule has 0 saturated heterocycles. The highest BCUT2D eigenvalue weighted by Gasteiger charge is 2.19. The highest BCUT2D eigenvalue weighted by Crippen LogP contribution is 2.34. The molecule has 4 nitrogen and oxygen atoms in total. The summed E-state index contributed by atoms with van der Waals surface area (Å²) in [4.78, 5) is 16.6. The predicted molar refractivity (Wildman–Crippen MR) is 102 cm³/mol. The summed E-state index contributed by atoms with van der Waals surface area (Å²) in [5.74, 6) is -1.48. The SMILES string of the molecule is COc1c(Cl)ccc(-c2ccc(Cl)c(C(=O)OCc3ccccc3)n2)c1F. The highest BCUT2D eigenvalue weighted by atomic mass is 35.5. The second-order valence-corrected chi connectivity index (χ2v) is 6.35. The molecule has 0 aliphatic heterocycles. The molecule has 7 heteroatoms. The molecule has 0 unspecified atom stereocenters. The molecular formula is C20H14Cl2FNO3.